The van der Waals surface area contributed by atoms with Gasteiger partial charge in [0.05, 0.1) is 11.7 Å². The number of fused-ring (bicyclic) bond motifs is 4. The smallest absolute Gasteiger partial charge is 0.0910 e. The molecule has 0 aliphatic heterocycles. The van der Waals surface area contributed by atoms with Gasteiger partial charge in [-0.05, 0) is 61.2 Å². The van der Waals surface area contributed by atoms with Crippen molar-refractivity contribution in [2.75, 3.05) is 0 Å². The van der Waals surface area contributed by atoms with E-state index in [1.54, 1.807) is 0 Å². The van der Waals surface area contributed by atoms with Gasteiger partial charge >= 0.3 is 0 Å². The van der Waals surface area contributed by atoms with Gasteiger partial charge in [0.25, 0.3) is 0 Å². The van der Waals surface area contributed by atoms with E-state index in [0.29, 0.717) is 5.41 Å². The lowest BCUT2D eigenvalue weighted by Crippen LogP contribution is -2.54. The number of aliphatic hydroxyl groups excluding tert-OH is 1. The normalized spacial score (nSPS) is 56.6. The van der Waals surface area contributed by atoms with Crippen LogP contribution >= 0.6 is 0 Å². The minimum atomic E-state index is -0.791. The predicted octanol–water partition coefficient (Wildman–Crippen LogP) is 2.72. The summed E-state index contributed by atoms with van der Waals surface area (Å²) in [4.78, 5) is 0. The quantitative estimate of drug-likeness (QED) is 0.681. The van der Waals surface area contributed by atoms with Crippen LogP contribution < -0.4 is 0 Å². The van der Waals surface area contributed by atoms with Crippen molar-refractivity contribution in [3.05, 3.63) is 0 Å². The molecule has 3 saturated carbocycles. The van der Waals surface area contributed by atoms with Crippen LogP contribution in [0.5, 0.6) is 0 Å². The maximum absolute atomic E-state index is 10.7. The van der Waals surface area contributed by atoms with E-state index in [1.807, 2.05) is 0 Å². The zero-order valence-electron chi connectivity index (χ0n) is 11.4. The third-order valence-electron chi connectivity index (χ3n) is 6.34. The molecule has 0 aromatic heterocycles. The van der Waals surface area contributed by atoms with Crippen LogP contribution in [0.1, 0.15) is 59.3 Å². The molecule has 0 aromatic carbocycles. The molecule has 2 bridgehead atoms. The van der Waals surface area contributed by atoms with E-state index >= 15 is 0 Å². The van der Waals surface area contributed by atoms with Crippen LogP contribution in [-0.4, -0.2) is 21.9 Å². The molecule has 0 amide bonds. The van der Waals surface area contributed by atoms with Crippen LogP contribution in [0, 0.1) is 22.7 Å². The molecule has 2 N–H and O–H groups in total. The van der Waals surface area contributed by atoms with E-state index in [0.717, 1.165) is 43.9 Å². The molecule has 0 aromatic rings. The van der Waals surface area contributed by atoms with E-state index in [9.17, 15) is 10.2 Å². The number of hydrogen-bond acceptors (Lipinski definition) is 2. The molecule has 0 heterocycles. The molecule has 98 valence electrons. The summed E-state index contributed by atoms with van der Waals surface area (Å²) >= 11 is 0. The summed E-state index contributed by atoms with van der Waals surface area (Å²) in [5.41, 5.74) is -0.0719. The maximum Gasteiger partial charge on any atom is 0.0910 e. The molecule has 3 fully saturated rings. The zero-order chi connectivity index (χ0) is 12.5. The molecule has 0 spiro atoms. The minimum Gasteiger partial charge on any atom is -0.390 e. The highest BCUT2D eigenvalue weighted by Gasteiger charge is 2.61. The molecular formula is C15H26O2. The van der Waals surface area contributed by atoms with E-state index in [-0.39, 0.29) is 5.41 Å². The first-order chi connectivity index (χ1) is 7.77. The first kappa shape index (κ1) is 12.0. The second-order valence-electron chi connectivity index (χ2n) is 7.93. The Labute approximate surface area is 104 Å². The fourth-order valence-electron chi connectivity index (χ4n) is 5.19. The predicted molar refractivity (Wildman–Crippen MR) is 67.5 cm³/mol. The Hall–Kier alpha value is -0.0800. The van der Waals surface area contributed by atoms with Crippen molar-refractivity contribution < 1.29 is 10.2 Å². The van der Waals surface area contributed by atoms with Crippen molar-refractivity contribution in [3.63, 3.8) is 0 Å². The van der Waals surface area contributed by atoms with E-state index < -0.39 is 11.7 Å². The highest BCUT2D eigenvalue weighted by molar-refractivity contribution is 5.11. The van der Waals surface area contributed by atoms with Crippen molar-refractivity contribution in [3.8, 4) is 0 Å². The lowest BCUT2D eigenvalue weighted by molar-refractivity contribution is -0.153. The average Bonchev–Trinajstić information content (AvgIpc) is 2.28. The first-order valence-electron chi connectivity index (χ1n) is 7.17. The van der Waals surface area contributed by atoms with Crippen LogP contribution in [0.2, 0.25) is 0 Å². The van der Waals surface area contributed by atoms with Crippen LogP contribution in [0.4, 0.5) is 0 Å². The van der Waals surface area contributed by atoms with Gasteiger partial charge in [-0.1, -0.05) is 20.8 Å². The minimum absolute atomic E-state index is 0.269. The molecule has 5 atom stereocenters. The molecular weight excluding hydrogens is 212 g/mol. The largest absolute Gasteiger partial charge is 0.390 e. The Morgan fingerprint density at radius 3 is 2.35 bits per heavy atom. The van der Waals surface area contributed by atoms with Gasteiger partial charge in [0.2, 0.25) is 0 Å². The van der Waals surface area contributed by atoms with E-state index in [2.05, 4.69) is 20.8 Å². The van der Waals surface area contributed by atoms with Crippen LogP contribution in [0.15, 0.2) is 0 Å². The number of rotatable bonds is 0. The van der Waals surface area contributed by atoms with Gasteiger partial charge in [-0.15, -0.1) is 0 Å². The molecule has 2 heteroatoms. The fraction of sp³-hybridized carbons (Fsp3) is 1.00. The standard InChI is InChI=1S/C15H26O2/c1-13(2)8-11-10(13)4-7-15(17)9-14(11,3)6-5-12(15)16/h10-12,16-17H,4-9H2,1-3H3. The van der Waals surface area contributed by atoms with Gasteiger partial charge in [0, 0.05) is 0 Å². The Bertz CT molecular complexity index is 338. The zero-order valence-corrected chi connectivity index (χ0v) is 11.4. The Kier molecular flexibility index (Phi) is 2.30. The Morgan fingerprint density at radius 1 is 1.00 bits per heavy atom. The molecule has 2 nitrogen and oxygen atoms in total. The highest BCUT2D eigenvalue weighted by atomic mass is 16.3. The summed E-state index contributed by atoms with van der Waals surface area (Å²) in [6.45, 7) is 7.09. The van der Waals surface area contributed by atoms with Crippen molar-refractivity contribution in [1.29, 1.82) is 0 Å². The SMILES string of the molecule is CC1(C)CC2C1CCC1(O)CC2(C)CCC1O. The van der Waals surface area contributed by atoms with Gasteiger partial charge in [-0.25, -0.2) is 0 Å². The summed E-state index contributed by atoms with van der Waals surface area (Å²) < 4.78 is 0. The van der Waals surface area contributed by atoms with Crippen molar-refractivity contribution in [1.82, 2.24) is 0 Å². The monoisotopic (exact) mass is 238 g/mol. The van der Waals surface area contributed by atoms with E-state index in [1.165, 1.54) is 6.42 Å². The summed E-state index contributed by atoms with van der Waals surface area (Å²) in [5.74, 6) is 1.53. The molecule has 17 heavy (non-hydrogen) atoms. The highest BCUT2D eigenvalue weighted by Crippen LogP contribution is 2.66. The first-order valence-corrected chi connectivity index (χ1v) is 7.17. The van der Waals surface area contributed by atoms with Gasteiger partial charge in [-0.2, -0.15) is 0 Å². The Morgan fingerprint density at radius 2 is 1.71 bits per heavy atom. The number of aliphatic hydroxyl groups is 2. The van der Waals surface area contributed by atoms with Gasteiger partial charge in [0.15, 0.2) is 0 Å². The molecule has 3 aliphatic carbocycles. The Balaban J connectivity index is 1.93. The van der Waals surface area contributed by atoms with Crippen LogP contribution in [-0.2, 0) is 0 Å². The second kappa shape index (κ2) is 3.27. The fourth-order valence-corrected chi connectivity index (χ4v) is 5.19. The summed E-state index contributed by atoms with van der Waals surface area (Å²) in [5, 5.41) is 20.8. The van der Waals surface area contributed by atoms with Crippen LogP contribution in [0.3, 0.4) is 0 Å². The molecule has 0 radical (unpaired) electrons. The average molecular weight is 238 g/mol. The van der Waals surface area contributed by atoms with Gasteiger partial charge in [-0.3, -0.25) is 0 Å². The summed E-state index contributed by atoms with van der Waals surface area (Å²) in [6.07, 6.45) is 5.41. The van der Waals surface area contributed by atoms with Crippen LogP contribution in [0.25, 0.3) is 0 Å². The van der Waals surface area contributed by atoms with E-state index in [4.69, 9.17) is 0 Å². The third-order valence-corrected chi connectivity index (χ3v) is 6.34. The molecule has 3 rings (SSSR count). The van der Waals surface area contributed by atoms with Crippen molar-refractivity contribution >= 4 is 0 Å². The van der Waals surface area contributed by atoms with Gasteiger partial charge in [0.1, 0.15) is 0 Å². The molecule has 3 aliphatic rings. The lowest BCUT2D eigenvalue weighted by Gasteiger charge is -2.59. The summed E-state index contributed by atoms with van der Waals surface area (Å²) in [6, 6.07) is 0. The van der Waals surface area contributed by atoms with Crippen molar-refractivity contribution in [2.24, 2.45) is 22.7 Å². The van der Waals surface area contributed by atoms with Crippen molar-refractivity contribution in [2.45, 2.75) is 71.0 Å². The summed E-state index contributed by atoms with van der Waals surface area (Å²) in [7, 11) is 0. The topological polar surface area (TPSA) is 40.5 Å². The molecule has 5 unspecified atom stereocenters. The number of hydrogen-bond donors (Lipinski definition) is 2. The van der Waals surface area contributed by atoms with Gasteiger partial charge < -0.3 is 10.2 Å². The maximum atomic E-state index is 10.7. The lowest BCUT2D eigenvalue weighted by atomic mass is 9.46. The molecule has 0 saturated heterocycles. The third kappa shape index (κ3) is 1.53. The second-order valence-corrected chi connectivity index (χ2v) is 7.93.